The van der Waals surface area contributed by atoms with Crippen molar-refractivity contribution in [2.45, 2.75) is 0 Å². The zero-order chi connectivity index (χ0) is 15.3. The van der Waals surface area contributed by atoms with Gasteiger partial charge in [-0.15, -0.1) is 0 Å². The lowest BCUT2D eigenvalue weighted by atomic mass is 9.97. The highest BCUT2D eigenvalue weighted by molar-refractivity contribution is 6.53. The van der Waals surface area contributed by atoms with Crippen molar-refractivity contribution in [2.75, 3.05) is 0 Å². The number of para-hydroxylation sites is 1. The first-order valence-electron chi connectivity index (χ1n) is 6.84. The lowest BCUT2D eigenvalue weighted by Crippen LogP contribution is -2.17. The molecule has 4 rings (SSSR count). The largest absolute Gasteiger partial charge is 0.618 e. The summed E-state index contributed by atoms with van der Waals surface area (Å²) in [5.74, 6) is -1.13. The van der Waals surface area contributed by atoms with Gasteiger partial charge in [-0.2, -0.15) is 9.13 Å². The van der Waals surface area contributed by atoms with Crippen LogP contribution in [0.5, 0.6) is 0 Å². The topological polar surface area (TPSA) is 43.1 Å². The number of hydrogen-bond donors (Lipinski definition) is 0. The summed E-state index contributed by atoms with van der Waals surface area (Å²) in [6.45, 7) is 0. The molecule has 0 N–H and O–H groups in total. The number of hydrogen-bond acceptors (Lipinski definition) is 2. The van der Waals surface area contributed by atoms with E-state index in [-0.39, 0.29) is 17.0 Å². The van der Waals surface area contributed by atoms with Crippen LogP contribution in [0.4, 0.5) is 10.1 Å². The molecule has 0 aromatic heterocycles. The molecule has 0 aliphatic carbocycles. The number of rotatable bonds is 1. The van der Waals surface area contributed by atoms with Gasteiger partial charge in [-0.1, -0.05) is 42.5 Å². The Kier molecular flexibility index (Phi) is 2.60. The summed E-state index contributed by atoms with van der Waals surface area (Å²) < 4.78 is 14.3. The predicted molar refractivity (Wildman–Crippen MR) is 82.1 cm³/mol. The molecule has 0 bridgehead atoms. The maximum Gasteiger partial charge on any atom is 0.273 e. The third-order valence-electron chi connectivity index (χ3n) is 3.90. The normalized spacial score (nSPS) is 13.8. The molecule has 22 heavy (non-hydrogen) atoms. The molecule has 0 atom stereocenters. The number of Topliss-reactive ketones (excluding diaryl/α,β-unsaturated/α-hetero) is 1. The van der Waals surface area contributed by atoms with E-state index in [4.69, 9.17) is 0 Å². The Balaban J connectivity index is 2.05. The number of halogens is 1. The van der Waals surface area contributed by atoms with Gasteiger partial charge in [0, 0.05) is 0 Å². The Bertz CT molecular complexity index is 970. The highest BCUT2D eigenvalue weighted by atomic mass is 19.1. The Labute approximate surface area is 125 Å². The van der Waals surface area contributed by atoms with Gasteiger partial charge in [-0.25, -0.2) is 0 Å². The molecule has 1 aliphatic rings. The van der Waals surface area contributed by atoms with Crippen LogP contribution in [0.15, 0.2) is 60.7 Å². The Morgan fingerprint density at radius 2 is 1.55 bits per heavy atom. The van der Waals surface area contributed by atoms with Crippen LogP contribution in [0.2, 0.25) is 0 Å². The molecule has 1 heterocycles. The van der Waals surface area contributed by atoms with Crippen molar-refractivity contribution >= 4 is 28.0 Å². The SMILES string of the molecule is O=C1C(c2cccc3ccccc23)=[N+]([O-])c2c(F)cccc21. The average Bonchev–Trinajstić information content (AvgIpc) is 2.79. The molecule has 0 saturated heterocycles. The van der Waals surface area contributed by atoms with Crippen molar-refractivity contribution < 1.29 is 13.9 Å². The maximum atomic E-state index is 13.9. The van der Waals surface area contributed by atoms with Crippen LogP contribution in [0.25, 0.3) is 10.8 Å². The third-order valence-corrected chi connectivity index (χ3v) is 3.90. The molecule has 3 aromatic rings. The van der Waals surface area contributed by atoms with Crippen LogP contribution in [-0.2, 0) is 0 Å². The van der Waals surface area contributed by atoms with E-state index in [1.54, 1.807) is 12.1 Å². The summed E-state index contributed by atoms with van der Waals surface area (Å²) in [6, 6.07) is 17.0. The van der Waals surface area contributed by atoms with Crippen LogP contribution < -0.4 is 0 Å². The van der Waals surface area contributed by atoms with Crippen molar-refractivity contribution in [1.82, 2.24) is 0 Å². The molecule has 0 fully saturated rings. The minimum absolute atomic E-state index is 0.0306. The summed E-state index contributed by atoms with van der Waals surface area (Å²) in [5, 5.41) is 14.2. The smallest absolute Gasteiger partial charge is 0.273 e. The Morgan fingerprint density at radius 1 is 0.864 bits per heavy atom. The molecule has 0 spiro atoms. The monoisotopic (exact) mass is 291 g/mol. The van der Waals surface area contributed by atoms with Crippen LogP contribution in [0.1, 0.15) is 15.9 Å². The van der Waals surface area contributed by atoms with Crippen LogP contribution in [0.3, 0.4) is 0 Å². The summed E-state index contributed by atoms with van der Waals surface area (Å²) in [5.41, 5.74) is 0.402. The Morgan fingerprint density at radius 3 is 2.36 bits per heavy atom. The summed E-state index contributed by atoms with van der Waals surface area (Å²) in [7, 11) is 0. The highest BCUT2D eigenvalue weighted by Crippen LogP contribution is 2.32. The van der Waals surface area contributed by atoms with Gasteiger partial charge in [0.05, 0.1) is 5.56 Å². The molecular weight excluding hydrogens is 281 g/mol. The van der Waals surface area contributed by atoms with Gasteiger partial charge in [0.2, 0.25) is 0 Å². The number of ketones is 1. The van der Waals surface area contributed by atoms with Gasteiger partial charge < -0.3 is 5.21 Å². The first-order valence-corrected chi connectivity index (χ1v) is 6.84. The second-order valence-corrected chi connectivity index (χ2v) is 5.13. The quantitative estimate of drug-likeness (QED) is 0.505. The molecule has 1 aliphatic heterocycles. The highest BCUT2D eigenvalue weighted by Gasteiger charge is 2.39. The van der Waals surface area contributed by atoms with E-state index in [2.05, 4.69) is 0 Å². The molecule has 3 nitrogen and oxygen atoms in total. The minimum Gasteiger partial charge on any atom is -0.618 e. The number of nitrogens with zero attached hydrogens (tertiary/aromatic N) is 1. The predicted octanol–water partition coefficient (Wildman–Crippen LogP) is 3.81. The first-order chi connectivity index (χ1) is 10.7. The zero-order valence-electron chi connectivity index (χ0n) is 11.4. The lowest BCUT2D eigenvalue weighted by Gasteiger charge is -2.05. The fourth-order valence-corrected chi connectivity index (χ4v) is 2.90. The number of fused-ring (bicyclic) bond motifs is 2. The summed E-state index contributed by atoms with van der Waals surface area (Å²) in [6.07, 6.45) is 0. The summed E-state index contributed by atoms with van der Waals surface area (Å²) >= 11 is 0. The van der Waals surface area contributed by atoms with E-state index in [1.807, 2.05) is 30.3 Å². The number of carbonyl (C=O) groups is 1. The second kappa shape index (κ2) is 4.49. The van der Waals surface area contributed by atoms with Gasteiger partial charge in [-0.3, -0.25) is 4.79 Å². The first kappa shape index (κ1) is 12.7. The maximum absolute atomic E-state index is 13.9. The standard InChI is InChI=1S/C18H10FNO2/c19-15-10-4-9-14-16(15)20(22)17(18(14)21)13-8-3-6-11-5-1-2-7-12(11)13/h1-10H. The average molecular weight is 291 g/mol. The van der Waals surface area contributed by atoms with Gasteiger partial charge in [0.25, 0.3) is 17.2 Å². The molecule has 4 heteroatoms. The van der Waals surface area contributed by atoms with Crippen LogP contribution in [0, 0.1) is 11.0 Å². The van der Waals surface area contributed by atoms with Crippen LogP contribution >= 0.6 is 0 Å². The fourth-order valence-electron chi connectivity index (χ4n) is 2.90. The van der Waals surface area contributed by atoms with E-state index < -0.39 is 11.6 Å². The van der Waals surface area contributed by atoms with Gasteiger partial charge in [0.15, 0.2) is 5.82 Å². The van der Waals surface area contributed by atoms with Crippen molar-refractivity contribution in [3.63, 3.8) is 0 Å². The second-order valence-electron chi connectivity index (χ2n) is 5.13. The molecule has 0 radical (unpaired) electrons. The number of benzene rings is 3. The Hall–Kier alpha value is -3.01. The van der Waals surface area contributed by atoms with Gasteiger partial charge >= 0.3 is 0 Å². The molecule has 3 aromatic carbocycles. The molecule has 0 amide bonds. The summed E-state index contributed by atoms with van der Waals surface area (Å²) in [4.78, 5) is 12.6. The molecule has 106 valence electrons. The minimum atomic E-state index is -0.684. The van der Waals surface area contributed by atoms with Crippen molar-refractivity contribution in [3.8, 4) is 0 Å². The van der Waals surface area contributed by atoms with E-state index in [0.717, 1.165) is 10.8 Å². The van der Waals surface area contributed by atoms with Crippen LogP contribution in [-0.4, -0.2) is 16.2 Å². The fraction of sp³-hybridized carbons (Fsp3) is 0. The van der Waals surface area contributed by atoms with Gasteiger partial charge in [0.1, 0.15) is 5.56 Å². The van der Waals surface area contributed by atoms with Gasteiger partial charge in [-0.05, 0) is 29.0 Å². The van der Waals surface area contributed by atoms with E-state index >= 15 is 0 Å². The zero-order valence-corrected chi connectivity index (χ0v) is 11.4. The molecule has 0 saturated carbocycles. The lowest BCUT2D eigenvalue weighted by molar-refractivity contribution is -0.358. The third kappa shape index (κ3) is 1.61. The van der Waals surface area contributed by atoms with Crippen molar-refractivity contribution in [1.29, 1.82) is 0 Å². The van der Waals surface area contributed by atoms with E-state index in [9.17, 15) is 14.4 Å². The molecule has 0 unspecified atom stereocenters. The van der Waals surface area contributed by atoms with Crippen molar-refractivity contribution in [3.05, 3.63) is 82.8 Å². The van der Waals surface area contributed by atoms with E-state index in [0.29, 0.717) is 10.3 Å². The van der Waals surface area contributed by atoms with Crippen molar-refractivity contribution in [2.24, 2.45) is 0 Å². The number of carbonyl (C=O) groups excluding carboxylic acids is 1. The van der Waals surface area contributed by atoms with E-state index in [1.165, 1.54) is 18.2 Å². The molecular formula is C18H10FNO2.